The van der Waals surface area contributed by atoms with Crippen molar-refractivity contribution in [1.82, 2.24) is 10.3 Å². The first-order chi connectivity index (χ1) is 10.4. The molecule has 0 saturated carbocycles. The first-order valence-electron chi connectivity index (χ1n) is 6.52. The molecule has 0 fully saturated rings. The number of urea groups is 1. The molecule has 2 amide bonds. The molecule has 0 aliphatic carbocycles. The number of pyridine rings is 1. The third kappa shape index (κ3) is 5.43. The van der Waals surface area contributed by atoms with Crippen molar-refractivity contribution in [2.24, 2.45) is 0 Å². The fourth-order valence-corrected chi connectivity index (χ4v) is 1.80. The molecule has 1 aromatic heterocycles. The Bertz CT molecular complexity index is 612. The van der Waals surface area contributed by atoms with Crippen LogP contribution < -0.4 is 10.6 Å². The van der Waals surface area contributed by atoms with E-state index in [0.717, 1.165) is 5.56 Å². The van der Waals surface area contributed by atoms with Crippen LogP contribution in [0.3, 0.4) is 0 Å². The molecule has 0 atom stereocenters. The van der Waals surface area contributed by atoms with E-state index >= 15 is 0 Å². The number of anilines is 1. The van der Waals surface area contributed by atoms with E-state index in [0.29, 0.717) is 12.2 Å². The van der Waals surface area contributed by atoms with Crippen LogP contribution in [0.1, 0.15) is 11.1 Å². The normalized spacial score (nSPS) is 11.0. The monoisotopic (exact) mass is 309 g/mol. The van der Waals surface area contributed by atoms with Gasteiger partial charge in [-0.3, -0.25) is 4.98 Å². The number of nitrogens with zero attached hydrogens (tertiary/aromatic N) is 1. The van der Waals surface area contributed by atoms with E-state index in [1.807, 2.05) is 0 Å². The Morgan fingerprint density at radius 1 is 1.00 bits per heavy atom. The molecule has 2 aromatic rings. The highest BCUT2D eigenvalue weighted by Crippen LogP contribution is 2.22. The van der Waals surface area contributed by atoms with Crippen LogP contribution in [0.4, 0.5) is 23.7 Å². The van der Waals surface area contributed by atoms with Gasteiger partial charge in [0, 0.05) is 24.6 Å². The van der Waals surface area contributed by atoms with Gasteiger partial charge in [-0.2, -0.15) is 13.2 Å². The summed E-state index contributed by atoms with van der Waals surface area (Å²) < 4.78 is 36.7. The summed E-state index contributed by atoms with van der Waals surface area (Å²) in [6.07, 6.45) is -1.99. The number of alkyl halides is 3. The van der Waals surface area contributed by atoms with Gasteiger partial charge in [-0.15, -0.1) is 0 Å². The molecule has 7 heteroatoms. The molecule has 0 saturated heterocycles. The number of hydrogen-bond acceptors (Lipinski definition) is 2. The van der Waals surface area contributed by atoms with E-state index in [9.17, 15) is 18.0 Å². The average molecular weight is 309 g/mol. The van der Waals surface area contributed by atoms with E-state index in [1.54, 1.807) is 24.5 Å². The molecule has 22 heavy (non-hydrogen) atoms. The molecule has 4 nitrogen and oxygen atoms in total. The Balaban J connectivity index is 1.84. The molecule has 1 aromatic carbocycles. The Hall–Kier alpha value is -2.57. The molecule has 116 valence electrons. The Morgan fingerprint density at radius 3 is 2.23 bits per heavy atom. The lowest BCUT2D eigenvalue weighted by Crippen LogP contribution is -2.28. The predicted octanol–water partition coefficient (Wildman–Crippen LogP) is 3.51. The number of benzene rings is 1. The second kappa shape index (κ2) is 6.93. The first-order valence-corrected chi connectivity index (χ1v) is 6.52. The van der Waals surface area contributed by atoms with Crippen LogP contribution in [0.25, 0.3) is 0 Å². The second-order valence-electron chi connectivity index (χ2n) is 4.65. The van der Waals surface area contributed by atoms with Crippen LogP contribution in [-0.2, 0) is 13.0 Å². The summed E-state index contributed by atoms with van der Waals surface area (Å²) in [5.41, 5.74) is 1.47. The molecular weight excluding hydrogens is 295 g/mol. The minimum Gasteiger partial charge on any atom is -0.334 e. The maximum atomic E-state index is 12.2. The van der Waals surface area contributed by atoms with Crippen LogP contribution in [0.2, 0.25) is 0 Å². The summed E-state index contributed by atoms with van der Waals surface area (Å²) in [4.78, 5) is 15.5. The number of aromatic nitrogens is 1. The van der Waals surface area contributed by atoms with Crippen LogP contribution in [0.15, 0.2) is 48.8 Å². The molecule has 0 aliphatic rings. The fourth-order valence-electron chi connectivity index (χ4n) is 1.80. The van der Waals surface area contributed by atoms with Crippen LogP contribution in [0, 0.1) is 0 Å². The van der Waals surface area contributed by atoms with E-state index in [1.165, 1.54) is 24.3 Å². The zero-order chi connectivity index (χ0) is 16.0. The van der Waals surface area contributed by atoms with Crippen LogP contribution in [-0.4, -0.2) is 17.2 Å². The SMILES string of the molecule is O=C(NCc1ccncc1)Nc1ccc(CC(F)(F)F)cc1. The van der Waals surface area contributed by atoms with Gasteiger partial charge in [0.2, 0.25) is 0 Å². The summed E-state index contributed by atoms with van der Waals surface area (Å²) in [5, 5.41) is 5.20. The highest BCUT2D eigenvalue weighted by molar-refractivity contribution is 5.89. The number of halogens is 3. The summed E-state index contributed by atoms with van der Waals surface area (Å²) in [6, 6.07) is 8.66. The highest BCUT2D eigenvalue weighted by Gasteiger charge is 2.27. The maximum Gasteiger partial charge on any atom is 0.393 e. The van der Waals surface area contributed by atoms with E-state index in [2.05, 4.69) is 15.6 Å². The van der Waals surface area contributed by atoms with Gasteiger partial charge in [-0.25, -0.2) is 4.79 Å². The number of hydrogen-bond donors (Lipinski definition) is 2. The molecule has 0 aliphatic heterocycles. The topological polar surface area (TPSA) is 54.0 Å². The summed E-state index contributed by atoms with van der Waals surface area (Å²) >= 11 is 0. The summed E-state index contributed by atoms with van der Waals surface area (Å²) in [5.74, 6) is 0. The van der Waals surface area contributed by atoms with Crippen molar-refractivity contribution in [3.63, 3.8) is 0 Å². The van der Waals surface area contributed by atoms with E-state index < -0.39 is 18.6 Å². The minimum atomic E-state index is -4.24. The maximum absolute atomic E-state index is 12.2. The Kier molecular flexibility index (Phi) is 4.98. The van der Waals surface area contributed by atoms with Gasteiger partial charge in [0.05, 0.1) is 6.42 Å². The van der Waals surface area contributed by atoms with Crippen LogP contribution in [0.5, 0.6) is 0 Å². The molecule has 0 radical (unpaired) electrons. The second-order valence-corrected chi connectivity index (χ2v) is 4.65. The lowest BCUT2D eigenvalue weighted by atomic mass is 10.1. The van der Waals surface area contributed by atoms with Crippen molar-refractivity contribution >= 4 is 11.7 Å². The van der Waals surface area contributed by atoms with E-state index in [-0.39, 0.29) is 5.56 Å². The number of carbonyl (C=O) groups excluding carboxylic acids is 1. The highest BCUT2D eigenvalue weighted by atomic mass is 19.4. The number of rotatable bonds is 4. The minimum absolute atomic E-state index is 0.148. The van der Waals surface area contributed by atoms with E-state index in [4.69, 9.17) is 0 Å². The zero-order valence-electron chi connectivity index (χ0n) is 11.5. The smallest absolute Gasteiger partial charge is 0.334 e. The molecule has 2 N–H and O–H groups in total. The molecule has 1 heterocycles. The molecule has 0 bridgehead atoms. The fraction of sp³-hybridized carbons (Fsp3) is 0.200. The third-order valence-corrected chi connectivity index (χ3v) is 2.82. The van der Waals surface area contributed by atoms with Gasteiger partial charge >= 0.3 is 12.2 Å². The van der Waals surface area contributed by atoms with Crippen molar-refractivity contribution in [2.45, 2.75) is 19.1 Å². The van der Waals surface area contributed by atoms with Gasteiger partial charge in [0.1, 0.15) is 0 Å². The lowest BCUT2D eigenvalue weighted by molar-refractivity contribution is -0.127. The first kappa shape index (κ1) is 15.8. The van der Waals surface area contributed by atoms with Gasteiger partial charge in [0.25, 0.3) is 0 Å². The number of carbonyl (C=O) groups is 1. The van der Waals surface area contributed by atoms with Crippen molar-refractivity contribution in [3.05, 3.63) is 59.9 Å². The van der Waals surface area contributed by atoms with Crippen molar-refractivity contribution in [3.8, 4) is 0 Å². The van der Waals surface area contributed by atoms with Gasteiger partial charge in [0.15, 0.2) is 0 Å². The standard InChI is InChI=1S/C15H14F3N3O/c16-15(17,18)9-11-1-3-13(4-2-11)21-14(22)20-10-12-5-7-19-8-6-12/h1-8H,9-10H2,(H2,20,21,22). The van der Waals surface area contributed by atoms with Gasteiger partial charge in [-0.05, 0) is 35.4 Å². The average Bonchev–Trinajstić information content (AvgIpc) is 2.47. The molecule has 2 rings (SSSR count). The summed E-state index contributed by atoms with van der Waals surface area (Å²) in [6.45, 7) is 0.334. The van der Waals surface area contributed by atoms with Crippen molar-refractivity contribution < 1.29 is 18.0 Å². The zero-order valence-corrected chi connectivity index (χ0v) is 11.5. The quantitative estimate of drug-likeness (QED) is 0.908. The molecule has 0 spiro atoms. The lowest BCUT2D eigenvalue weighted by Gasteiger charge is -2.09. The number of amides is 2. The summed E-state index contributed by atoms with van der Waals surface area (Å²) in [7, 11) is 0. The van der Waals surface area contributed by atoms with Crippen LogP contribution >= 0.6 is 0 Å². The largest absolute Gasteiger partial charge is 0.393 e. The predicted molar refractivity (Wildman–Crippen MR) is 76.3 cm³/mol. The van der Waals surface area contributed by atoms with Gasteiger partial charge in [-0.1, -0.05) is 12.1 Å². The van der Waals surface area contributed by atoms with Gasteiger partial charge < -0.3 is 10.6 Å². The van der Waals surface area contributed by atoms with Crippen molar-refractivity contribution in [2.75, 3.05) is 5.32 Å². The third-order valence-electron chi connectivity index (χ3n) is 2.82. The molecular formula is C15H14F3N3O. The Morgan fingerprint density at radius 2 is 1.64 bits per heavy atom. The van der Waals surface area contributed by atoms with Crippen molar-refractivity contribution in [1.29, 1.82) is 0 Å². The molecule has 0 unspecified atom stereocenters. The number of nitrogens with one attached hydrogen (secondary N) is 2. The Labute approximate surface area is 125 Å².